The minimum atomic E-state index is 0.261. The fraction of sp³-hybridized carbons (Fsp3) is 0.467. The molecule has 0 radical (unpaired) electrons. The van der Waals surface area contributed by atoms with Gasteiger partial charge in [0.1, 0.15) is 0 Å². The van der Waals surface area contributed by atoms with Gasteiger partial charge in [0, 0.05) is 23.2 Å². The monoisotopic (exact) mass is 231 g/mol. The van der Waals surface area contributed by atoms with Crippen LogP contribution in [0.1, 0.15) is 25.1 Å². The summed E-state index contributed by atoms with van der Waals surface area (Å²) in [6.07, 6.45) is 0.948. The van der Waals surface area contributed by atoms with E-state index in [1.807, 2.05) is 6.07 Å². The zero-order chi connectivity index (χ0) is 12.4. The van der Waals surface area contributed by atoms with Crippen LogP contribution in [0.4, 0.5) is 0 Å². The Morgan fingerprint density at radius 3 is 2.59 bits per heavy atom. The topological polar surface area (TPSA) is 36.0 Å². The molecule has 2 heteroatoms. The highest BCUT2D eigenvalue weighted by atomic mass is 16.3. The van der Waals surface area contributed by atoms with Gasteiger partial charge in [0.05, 0.1) is 0 Å². The van der Waals surface area contributed by atoms with Crippen LogP contribution >= 0.6 is 0 Å². The Kier molecular flexibility index (Phi) is 3.53. The van der Waals surface area contributed by atoms with Crippen molar-refractivity contribution >= 4 is 10.9 Å². The van der Waals surface area contributed by atoms with Crippen molar-refractivity contribution in [2.24, 2.45) is 11.8 Å². The second-order valence-electron chi connectivity index (χ2n) is 5.16. The fourth-order valence-corrected chi connectivity index (χ4v) is 2.37. The molecule has 1 heterocycles. The molecule has 0 amide bonds. The van der Waals surface area contributed by atoms with Crippen molar-refractivity contribution in [3.8, 4) is 0 Å². The van der Waals surface area contributed by atoms with Gasteiger partial charge in [0.25, 0.3) is 0 Å². The predicted molar refractivity (Wildman–Crippen MR) is 72.2 cm³/mol. The first-order chi connectivity index (χ1) is 8.13. The number of aromatic amines is 1. The summed E-state index contributed by atoms with van der Waals surface area (Å²) in [4.78, 5) is 3.41. The highest BCUT2D eigenvalue weighted by Gasteiger charge is 2.17. The number of aliphatic hydroxyl groups is 1. The molecule has 2 N–H and O–H groups in total. The van der Waals surface area contributed by atoms with Crippen molar-refractivity contribution in [3.63, 3.8) is 0 Å². The minimum absolute atomic E-state index is 0.261. The zero-order valence-corrected chi connectivity index (χ0v) is 10.8. The number of hydrogen-bond acceptors (Lipinski definition) is 1. The van der Waals surface area contributed by atoms with Crippen LogP contribution in [0.2, 0.25) is 0 Å². The molecule has 0 saturated carbocycles. The molecular formula is C15H21NO. The van der Waals surface area contributed by atoms with Crippen LogP contribution < -0.4 is 0 Å². The van der Waals surface area contributed by atoms with E-state index < -0.39 is 0 Å². The zero-order valence-electron chi connectivity index (χ0n) is 10.8. The number of aromatic nitrogens is 1. The van der Waals surface area contributed by atoms with Crippen LogP contribution in [0.25, 0.3) is 10.9 Å². The van der Waals surface area contributed by atoms with Gasteiger partial charge in [-0.25, -0.2) is 0 Å². The van der Waals surface area contributed by atoms with Gasteiger partial charge in [-0.05, 0) is 36.8 Å². The molecule has 0 bridgehead atoms. The number of nitrogens with one attached hydrogen (secondary N) is 1. The van der Waals surface area contributed by atoms with Crippen LogP contribution in [0, 0.1) is 18.8 Å². The maximum absolute atomic E-state index is 9.45. The minimum Gasteiger partial charge on any atom is -0.396 e. The van der Waals surface area contributed by atoms with E-state index in [4.69, 9.17) is 0 Å². The van der Waals surface area contributed by atoms with E-state index in [1.165, 1.54) is 22.2 Å². The van der Waals surface area contributed by atoms with Crippen molar-refractivity contribution in [2.45, 2.75) is 27.2 Å². The summed E-state index contributed by atoms with van der Waals surface area (Å²) in [7, 11) is 0. The highest BCUT2D eigenvalue weighted by Crippen LogP contribution is 2.26. The molecular weight excluding hydrogens is 210 g/mol. The van der Waals surface area contributed by atoms with Gasteiger partial charge in [-0.3, -0.25) is 0 Å². The Hall–Kier alpha value is -1.28. The van der Waals surface area contributed by atoms with E-state index in [2.05, 4.69) is 44.0 Å². The highest BCUT2D eigenvalue weighted by molar-refractivity contribution is 5.84. The summed E-state index contributed by atoms with van der Waals surface area (Å²) in [5.74, 6) is 0.848. The standard InChI is InChI=1S/C15H21NO/c1-10(2)12(9-17)8-14-11(3)16-15-7-5-4-6-13(14)15/h4-7,10,12,16-17H,8-9H2,1-3H3. The number of aryl methyl sites for hydroxylation is 1. The van der Waals surface area contributed by atoms with Gasteiger partial charge in [0.2, 0.25) is 0 Å². The van der Waals surface area contributed by atoms with E-state index in [-0.39, 0.29) is 6.61 Å². The summed E-state index contributed by atoms with van der Waals surface area (Å²) in [5.41, 5.74) is 3.78. The van der Waals surface area contributed by atoms with Gasteiger partial charge in [-0.1, -0.05) is 32.0 Å². The van der Waals surface area contributed by atoms with Gasteiger partial charge < -0.3 is 10.1 Å². The van der Waals surface area contributed by atoms with Crippen molar-refractivity contribution in [2.75, 3.05) is 6.61 Å². The van der Waals surface area contributed by atoms with Crippen LogP contribution in [0.3, 0.4) is 0 Å². The molecule has 0 spiro atoms. The average Bonchev–Trinajstić information content (AvgIpc) is 2.61. The molecule has 2 rings (SSSR count). The maximum atomic E-state index is 9.45. The van der Waals surface area contributed by atoms with E-state index >= 15 is 0 Å². The van der Waals surface area contributed by atoms with Crippen LogP contribution in [0.15, 0.2) is 24.3 Å². The lowest BCUT2D eigenvalue weighted by molar-refractivity contribution is 0.189. The maximum Gasteiger partial charge on any atom is 0.0464 e. The number of fused-ring (bicyclic) bond motifs is 1. The smallest absolute Gasteiger partial charge is 0.0464 e. The normalized spacial score (nSPS) is 13.5. The van der Waals surface area contributed by atoms with Gasteiger partial charge >= 0.3 is 0 Å². The van der Waals surface area contributed by atoms with E-state index in [1.54, 1.807) is 0 Å². The second-order valence-corrected chi connectivity index (χ2v) is 5.16. The second kappa shape index (κ2) is 4.92. The van der Waals surface area contributed by atoms with Crippen LogP contribution in [0.5, 0.6) is 0 Å². The van der Waals surface area contributed by atoms with Gasteiger partial charge in [-0.2, -0.15) is 0 Å². The first-order valence-electron chi connectivity index (χ1n) is 6.30. The molecule has 1 atom stereocenters. The van der Waals surface area contributed by atoms with Crippen molar-refractivity contribution in [1.29, 1.82) is 0 Å². The summed E-state index contributed by atoms with van der Waals surface area (Å²) < 4.78 is 0. The molecule has 0 aliphatic carbocycles. The number of hydrogen-bond donors (Lipinski definition) is 2. The van der Waals surface area contributed by atoms with Crippen molar-refractivity contribution < 1.29 is 5.11 Å². The first kappa shape index (κ1) is 12.2. The summed E-state index contributed by atoms with van der Waals surface area (Å²) in [6.45, 7) is 6.72. The Bertz CT molecular complexity index is 499. The third kappa shape index (κ3) is 2.37. The van der Waals surface area contributed by atoms with Gasteiger partial charge in [0.15, 0.2) is 0 Å². The molecule has 0 saturated heterocycles. The van der Waals surface area contributed by atoms with Crippen molar-refractivity contribution in [1.82, 2.24) is 4.98 Å². The fourth-order valence-electron chi connectivity index (χ4n) is 2.37. The third-order valence-electron chi connectivity index (χ3n) is 3.67. The lowest BCUT2D eigenvalue weighted by Gasteiger charge is -2.18. The van der Waals surface area contributed by atoms with Crippen LogP contribution in [-0.2, 0) is 6.42 Å². The molecule has 92 valence electrons. The van der Waals surface area contributed by atoms with Gasteiger partial charge in [-0.15, -0.1) is 0 Å². The third-order valence-corrected chi connectivity index (χ3v) is 3.67. The quantitative estimate of drug-likeness (QED) is 0.832. The summed E-state index contributed by atoms with van der Waals surface area (Å²) in [6, 6.07) is 8.38. The average molecular weight is 231 g/mol. The Balaban J connectivity index is 2.37. The Morgan fingerprint density at radius 2 is 1.94 bits per heavy atom. The molecule has 1 aromatic carbocycles. The lowest BCUT2D eigenvalue weighted by Crippen LogP contribution is -2.16. The predicted octanol–water partition coefficient (Wildman–Crippen LogP) is 3.28. The molecule has 1 unspecified atom stereocenters. The molecule has 0 aliphatic rings. The molecule has 2 aromatic rings. The number of benzene rings is 1. The van der Waals surface area contributed by atoms with Crippen molar-refractivity contribution in [3.05, 3.63) is 35.5 Å². The van der Waals surface area contributed by atoms with E-state index in [0.717, 1.165) is 6.42 Å². The Labute approximate surface area is 103 Å². The van der Waals surface area contributed by atoms with E-state index in [0.29, 0.717) is 11.8 Å². The summed E-state index contributed by atoms with van der Waals surface area (Å²) in [5, 5.41) is 10.7. The van der Waals surface area contributed by atoms with Crippen LogP contribution in [-0.4, -0.2) is 16.7 Å². The number of aliphatic hydroxyl groups excluding tert-OH is 1. The summed E-state index contributed by atoms with van der Waals surface area (Å²) >= 11 is 0. The molecule has 2 nitrogen and oxygen atoms in total. The molecule has 1 aromatic heterocycles. The molecule has 0 fully saturated rings. The molecule has 17 heavy (non-hydrogen) atoms. The number of para-hydroxylation sites is 1. The Morgan fingerprint density at radius 1 is 1.24 bits per heavy atom. The lowest BCUT2D eigenvalue weighted by atomic mass is 9.89. The first-order valence-corrected chi connectivity index (χ1v) is 6.30. The number of rotatable bonds is 4. The SMILES string of the molecule is Cc1[nH]c2ccccc2c1CC(CO)C(C)C. The van der Waals surface area contributed by atoms with E-state index in [9.17, 15) is 5.11 Å². The molecule has 0 aliphatic heterocycles. The number of H-pyrrole nitrogens is 1. The largest absolute Gasteiger partial charge is 0.396 e.